The van der Waals surface area contributed by atoms with E-state index in [0.29, 0.717) is 46.9 Å². The molecule has 0 N–H and O–H groups in total. The molecule has 0 unspecified atom stereocenters. The van der Waals surface area contributed by atoms with Gasteiger partial charge in [0.2, 0.25) is 8.32 Å². The standard InChI is InChI=1S/C30H52O3Si/c1-12-22(9)29-24(11)18-26-27(33-34(19(3)4,20(5)6)21(7)8)16-14-23(10)30(26)25(29)15-17-28(31)32-13-2/h12,15,17-21,23,25-27,29-30H,13-14,16H2,1-11H3/b17-15+,22-12+/t23-,25-,26+,27-,29+,30-/m1/s1. The van der Waals surface area contributed by atoms with Crippen LogP contribution in [0.4, 0.5) is 0 Å². The van der Waals surface area contributed by atoms with Crippen LogP contribution in [0.1, 0.15) is 89.0 Å². The lowest BCUT2D eigenvalue weighted by Crippen LogP contribution is -2.54. The normalized spacial score (nSPS) is 30.8. The summed E-state index contributed by atoms with van der Waals surface area (Å²) in [5.74, 6) is 1.83. The number of hydrogen-bond donors (Lipinski definition) is 0. The van der Waals surface area contributed by atoms with Crippen molar-refractivity contribution in [1.82, 2.24) is 0 Å². The summed E-state index contributed by atoms with van der Waals surface area (Å²) in [6.45, 7) is 25.6. The minimum atomic E-state index is -1.98. The lowest BCUT2D eigenvalue weighted by Gasteiger charge is -2.53. The lowest BCUT2D eigenvalue weighted by atomic mass is 9.57. The molecule has 194 valence electrons. The Balaban J connectivity index is 2.55. The second-order valence-electron chi connectivity index (χ2n) is 11.8. The summed E-state index contributed by atoms with van der Waals surface area (Å²) in [5, 5.41) is 0. The molecule has 0 aromatic rings. The first-order chi connectivity index (χ1) is 15.9. The van der Waals surface area contributed by atoms with Crippen molar-refractivity contribution < 1.29 is 14.0 Å². The fourth-order valence-corrected chi connectivity index (χ4v) is 13.1. The van der Waals surface area contributed by atoms with E-state index in [0.717, 1.165) is 6.42 Å². The highest BCUT2D eigenvalue weighted by Gasteiger charge is 2.52. The number of ether oxygens (including phenoxy) is 1. The van der Waals surface area contributed by atoms with E-state index in [1.165, 1.54) is 17.6 Å². The van der Waals surface area contributed by atoms with Crippen molar-refractivity contribution in [2.75, 3.05) is 6.61 Å². The summed E-state index contributed by atoms with van der Waals surface area (Å²) in [7, 11) is -1.98. The minimum Gasteiger partial charge on any atom is -0.463 e. The van der Waals surface area contributed by atoms with Crippen molar-refractivity contribution >= 4 is 14.3 Å². The largest absolute Gasteiger partial charge is 0.463 e. The average Bonchev–Trinajstić information content (AvgIpc) is 2.75. The van der Waals surface area contributed by atoms with Gasteiger partial charge in [-0.15, -0.1) is 0 Å². The van der Waals surface area contributed by atoms with Crippen molar-refractivity contribution in [2.45, 2.75) is 112 Å². The Morgan fingerprint density at radius 2 is 1.71 bits per heavy atom. The third-order valence-electron chi connectivity index (χ3n) is 8.96. The van der Waals surface area contributed by atoms with Crippen molar-refractivity contribution in [3.63, 3.8) is 0 Å². The monoisotopic (exact) mass is 488 g/mol. The van der Waals surface area contributed by atoms with E-state index < -0.39 is 8.32 Å². The molecule has 4 heteroatoms. The van der Waals surface area contributed by atoms with Crippen molar-refractivity contribution in [3.05, 3.63) is 35.5 Å². The Morgan fingerprint density at radius 3 is 2.21 bits per heavy atom. The second kappa shape index (κ2) is 12.2. The molecule has 0 saturated heterocycles. The molecule has 2 aliphatic rings. The maximum atomic E-state index is 12.3. The van der Waals surface area contributed by atoms with E-state index in [1.807, 2.05) is 6.92 Å². The molecule has 6 atom stereocenters. The zero-order chi connectivity index (χ0) is 25.8. The van der Waals surface area contributed by atoms with Crippen LogP contribution in [-0.2, 0) is 14.0 Å². The summed E-state index contributed by atoms with van der Waals surface area (Å²) in [6.07, 6.45) is 11.2. The number of carbonyl (C=O) groups is 1. The average molecular weight is 489 g/mol. The Bertz CT molecular complexity index is 754. The Hall–Kier alpha value is -1.13. The molecule has 0 aromatic heterocycles. The fourth-order valence-electron chi connectivity index (χ4n) is 7.50. The molecule has 0 radical (unpaired) electrons. The molecule has 1 saturated carbocycles. The third-order valence-corrected chi connectivity index (χ3v) is 15.1. The molecule has 2 aliphatic carbocycles. The van der Waals surface area contributed by atoms with E-state index >= 15 is 0 Å². The highest BCUT2D eigenvalue weighted by atomic mass is 28.4. The zero-order valence-corrected chi connectivity index (χ0v) is 24.9. The summed E-state index contributed by atoms with van der Waals surface area (Å²) >= 11 is 0. The molecule has 34 heavy (non-hydrogen) atoms. The van der Waals surface area contributed by atoms with Crippen LogP contribution in [-0.4, -0.2) is 27.0 Å². The maximum Gasteiger partial charge on any atom is 0.330 e. The second-order valence-corrected chi connectivity index (χ2v) is 17.2. The topological polar surface area (TPSA) is 35.5 Å². The number of hydrogen-bond acceptors (Lipinski definition) is 3. The van der Waals surface area contributed by atoms with Crippen LogP contribution >= 0.6 is 0 Å². The lowest BCUT2D eigenvalue weighted by molar-refractivity contribution is -0.137. The number of rotatable bonds is 9. The van der Waals surface area contributed by atoms with Crippen LogP contribution in [0.5, 0.6) is 0 Å². The predicted octanol–water partition coefficient (Wildman–Crippen LogP) is 8.49. The fraction of sp³-hybridized carbons (Fsp3) is 0.767. The van der Waals surface area contributed by atoms with Crippen molar-refractivity contribution in [1.29, 1.82) is 0 Å². The number of allylic oxidation sites excluding steroid dienone is 4. The predicted molar refractivity (Wildman–Crippen MR) is 147 cm³/mol. The van der Waals surface area contributed by atoms with Gasteiger partial charge < -0.3 is 9.16 Å². The quantitative estimate of drug-likeness (QED) is 0.141. The van der Waals surface area contributed by atoms with Gasteiger partial charge in [-0.05, 0) is 74.9 Å². The molecule has 3 nitrogen and oxygen atoms in total. The van der Waals surface area contributed by atoms with Crippen molar-refractivity contribution in [2.24, 2.45) is 29.6 Å². The van der Waals surface area contributed by atoms with Gasteiger partial charge in [0.15, 0.2) is 0 Å². The Labute approximate surface area is 211 Å². The molecular formula is C30H52O3Si. The molecule has 0 bridgehead atoms. The van der Waals surface area contributed by atoms with Crippen LogP contribution < -0.4 is 0 Å². The number of esters is 1. The minimum absolute atomic E-state index is 0.231. The van der Waals surface area contributed by atoms with Gasteiger partial charge >= 0.3 is 5.97 Å². The first-order valence-corrected chi connectivity index (χ1v) is 15.9. The van der Waals surface area contributed by atoms with Gasteiger partial charge in [0.05, 0.1) is 12.7 Å². The van der Waals surface area contributed by atoms with Crippen LogP contribution in [0.3, 0.4) is 0 Å². The molecule has 0 amide bonds. The molecule has 0 aliphatic heterocycles. The summed E-state index contributed by atoms with van der Waals surface area (Å²) in [6, 6.07) is 0. The number of carbonyl (C=O) groups excluding carboxylic acids is 1. The molecule has 0 spiro atoms. The summed E-state index contributed by atoms with van der Waals surface area (Å²) < 4.78 is 12.7. The molecule has 0 heterocycles. The van der Waals surface area contributed by atoms with Crippen LogP contribution in [0.2, 0.25) is 16.6 Å². The van der Waals surface area contributed by atoms with Gasteiger partial charge in [-0.3, -0.25) is 0 Å². The van der Waals surface area contributed by atoms with E-state index in [9.17, 15) is 4.79 Å². The SMILES string of the molecule is C/C=C(\C)[C@H]1C(C)=C[C@@H]2[C@@H]([C@@H]1/C=C/C(=O)OCC)[C@H](C)CC[C@H]2O[Si](C(C)C)(C(C)C)C(C)C. The van der Waals surface area contributed by atoms with Gasteiger partial charge in [-0.2, -0.15) is 0 Å². The van der Waals surface area contributed by atoms with Gasteiger partial charge in [-0.25, -0.2) is 4.79 Å². The highest BCUT2D eigenvalue weighted by molar-refractivity contribution is 6.77. The van der Waals surface area contributed by atoms with E-state index in [1.54, 1.807) is 6.08 Å². The number of fused-ring (bicyclic) bond motifs is 1. The zero-order valence-electron chi connectivity index (χ0n) is 23.9. The van der Waals surface area contributed by atoms with Gasteiger partial charge in [0.25, 0.3) is 0 Å². The Kier molecular flexibility index (Phi) is 10.4. The molecule has 2 rings (SSSR count). The van der Waals surface area contributed by atoms with Gasteiger partial charge in [-0.1, -0.05) is 77.8 Å². The molecule has 0 aromatic carbocycles. The van der Waals surface area contributed by atoms with E-state index in [-0.39, 0.29) is 18.0 Å². The summed E-state index contributed by atoms with van der Waals surface area (Å²) in [4.78, 5) is 12.3. The van der Waals surface area contributed by atoms with Gasteiger partial charge in [0, 0.05) is 17.9 Å². The van der Waals surface area contributed by atoms with Crippen LogP contribution in [0.25, 0.3) is 0 Å². The van der Waals surface area contributed by atoms with Gasteiger partial charge in [0.1, 0.15) is 0 Å². The molecular weight excluding hydrogens is 436 g/mol. The van der Waals surface area contributed by atoms with E-state index in [4.69, 9.17) is 9.16 Å². The van der Waals surface area contributed by atoms with E-state index in [2.05, 4.69) is 87.5 Å². The Morgan fingerprint density at radius 1 is 1.12 bits per heavy atom. The first-order valence-electron chi connectivity index (χ1n) is 13.8. The third kappa shape index (κ3) is 5.81. The molecule has 1 fully saturated rings. The summed E-state index contributed by atoms with van der Waals surface area (Å²) in [5.41, 5.74) is 4.55. The van der Waals surface area contributed by atoms with Crippen LogP contribution in [0, 0.1) is 29.6 Å². The van der Waals surface area contributed by atoms with Crippen LogP contribution in [0.15, 0.2) is 35.5 Å². The smallest absolute Gasteiger partial charge is 0.330 e. The highest BCUT2D eigenvalue weighted by Crippen LogP contribution is 2.53. The van der Waals surface area contributed by atoms with Crippen molar-refractivity contribution in [3.8, 4) is 0 Å². The first kappa shape index (κ1) is 29.1. The maximum absolute atomic E-state index is 12.3.